The molecule has 0 bridgehead atoms. The molecule has 0 saturated carbocycles. The molecule has 1 aromatic heterocycles. The van der Waals surface area contributed by atoms with E-state index in [2.05, 4.69) is 10.3 Å². The van der Waals surface area contributed by atoms with Gasteiger partial charge in [-0.05, 0) is 51.7 Å². The van der Waals surface area contributed by atoms with Gasteiger partial charge in [-0.3, -0.25) is 4.79 Å². The number of carbonyl (C=O) groups excluding carboxylic acids is 3. The molecule has 0 fully saturated rings. The van der Waals surface area contributed by atoms with E-state index < -0.39 is 11.9 Å². The highest BCUT2D eigenvalue weighted by atomic mass is 16.5. The van der Waals surface area contributed by atoms with Crippen LogP contribution in [0.3, 0.4) is 0 Å². The minimum absolute atomic E-state index is 0.0497. The molecule has 7 heteroatoms. The number of carbonyl (C=O) groups is 3. The molecule has 1 atom stereocenters. The first-order valence-electron chi connectivity index (χ1n) is 9.70. The molecule has 0 aliphatic rings. The predicted octanol–water partition coefficient (Wildman–Crippen LogP) is 3.10. The van der Waals surface area contributed by atoms with Crippen LogP contribution in [0.5, 0.6) is 0 Å². The maximum Gasteiger partial charge on any atom is 0.355 e. The lowest BCUT2D eigenvalue weighted by Crippen LogP contribution is -2.36. The first-order chi connectivity index (χ1) is 13.8. The smallest absolute Gasteiger partial charge is 0.355 e. The Morgan fingerprint density at radius 1 is 1.07 bits per heavy atom. The Balaban J connectivity index is 1.84. The highest BCUT2D eigenvalue weighted by Gasteiger charge is 2.24. The summed E-state index contributed by atoms with van der Waals surface area (Å²) in [5.41, 5.74) is 2.64. The Labute approximate surface area is 170 Å². The van der Waals surface area contributed by atoms with Crippen LogP contribution in [0.4, 0.5) is 0 Å². The summed E-state index contributed by atoms with van der Waals surface area (Å²) in [6, 6.07) is 9.96. The van der Waals surface area contributed by atoms with E-state index in [0.29, 0.717) is 16.8 Å². The molecule has 7 nitrogen and oxygen atoms in total. The SMILES string of the molecule is CCOC(=O)c1c(C)[nH]c(C(=O)OCC(=O)NC(C)CCc2ccccc2)c1C. The van der Waals surface area contributed by atoms with Crippen molar-refractivity contribution in [2.45, 2.75) is 46.6 Å². The summed E-state index contributed by atoms with van der Waals surface area (Å²) in [5, 5.41) is 2.82. The fourth-order valence-electron chi connectivity index (χ4n) is 3.08. The van der Waals surface area contributed by atoms with Crippen molar-refractivity contribution in [3.63, 3.8) is 0 Å². The molecule has 1 amide bonds. The number of H-pyrrole nitrogens is 1. The third-order valence-electron chi connectivity index (χ3n) is 4.57. The monoisotopic (exact) mass is 400 g/mol. The van der Waals surface area contributed by atoms with Gasteiger partial charge in [-0.25, -0.2) is 9.59 Å². The third-order valence-corrected chi connectivity index (χ3v) is 4.57. The predicted molar refractivity (Wildman–Crippen MR) is 109 cm³/mol. The molecule has 1 heterocycles. The average molecular weight is 400 g/mol. The number of aromatic nitrogens is 1. The van der Waals surface area contributed by atoms with Crippen LogP contribution in [-0.4, -0.2) is 42.1 Å². The molecular formula is C22H28N2O5. The molecule has 0 saturated heterocycles. The summed E-state index contributed by atoms with van der Waals surface area (Å²) in [6.07, 6.45) is 1.63. The van der Waals surface area contributed by atoms with Gasteiger partial charge in [-0.15, -0.1) is 0 Å². The van der Waals surface area contributed by atoms with E-state index >= 15 is 0 Å². The molecule has 0 aliphatic heterocycles. The fourth-order valence-corrected chi connectivity index (χ4v) is 3.08. The summed E-state index contributed by atoms with van der Waals surface area (Å²) in [5.74, 6) is -1.55. The Morgan fingerprint density at radius 2 is 1.76 bits per heavy atom. The van der Waals surface area contributed by atoms with Gasteiger partial charge in [0.1, 0.15) is 5.69 Å². The van der Waals surface area contributed by atoms with Gasteiger partial charge >= 0.3 is 11.9 Å². The Morgan fingerprint density at radius 3 is 2.41 bits per heavy atom. The number of ether oxygens (including phenoxy) is 2. The van der Waals surface area contributed by atoms with E-state index in [4.69, 9.17) is 9.47 Å². The number of benzene rings is 1. The number of rotatable bonds is 9. The van der Waals surface area contributed by atoms with Crippen LogP contribution in [0.2, 0.25) is 0 Å². The van der Waals surface area contributed by atoms with Crippen LogP contribution in [0.25, 0.3) is 0 Å². The van der Waals surface area contributed by atoms with Gasteiger partial charge in [-0.2, -0.15) is 0 Å². The lowest BCUT2D eigenvalue weighted by atomic mass is 10.1. The van der Waals surface area contributed by atoms with Crippen LogP contribution >= 0.6 is 0 Å². The maximum absolute atomic E-state index is 12.3. The number of hydrogen-bond donors (Lipinski definition) is 2. The van der Waals surface area contributed by atoms with Crippen molar-refractivity contribution < 1.29 is 23.9 Å². The van der Waals surface area contributed by atoms with Crippen molar-refractivity contribution in [1.82, 2.24) is 10.3 Å². The minimum Gasteiger partial charge on any atom is -0.462 e. The van der Waals surface area contributed by atoms with Crippen LogP contribution in [0, 0.1) is 13.8 Å². The second kappa shape index (κ2) is 10.5. The molecular weight excluding hydrogens is 372 g/mol. The lowest BCUT2D eigenvalue weighted by molar-refractivity contribution is -0.124. The summed E-state index contributed by atoms with van der Waals surface area (Å²) < 4.78 is 10.1. The molecule has 0 radical (unpaired) electrons. The summed E-state index contributed by atoms with van der Waals surface area (Å²) in [7, 11) is 0. The molecule has 0 aliphatic carbocycles. The van der Waals surface area contributed by atoms with Crippen molar-refractivity contribution in [3.8, 4) is 0 Å². The van der Waals surface area contributed by atoms with Gasteiger partial charge in [0.05, 0.1) is 12.2 Å². The van der Waals surface area contributed by atoms with Crippen molar-refractivity contribution in [2.75, 3.05) is 13.2 Å². The first-order valence-corrected chi connectivity index (χ1v) is 9.70. The average Bonchev–Trinajstić information content (AvgIpc) is 2.99. The third kappa shape index (κ3) is 6.20. The van der Waals surface area contributed by atoms with E-state index in [1.54, 1.807) is 20.8 Å². The molecule has 1 unspecified atom stereocenters. The maximum atomic E-state index is 12.3. The second-order valence-corrected chi connectivity index (χ2v) is 6.91. The number of aryl methyl sites for hydroxylation is 2. The summed E-state index contributed by atoms with van der Waals surface area (Å²) in [6.45, 7) is 6.79. The number of aromatic amines is 1. The molecule has 0 spiro atoms. The highest BCUT2D eigenvalue weighted by molar-refractivity contribution is 5.99. The zero-order valence-electron chi connectivity index (χ0n) is 17.3. The van der Waals surface area contributed by atoms with Gasteiger partial charge in [-0.1, -0.05) is 30.3 Å². The molecule has 2 aromatic rings. The van der Waals surface area contributed by atoms with E-state index in [9.17, 15) is 14.4 Å². The topological polar surface area (TPSA) is 97.5 Å². The zero-order chi connectivity index (χ0) is 21.4. The zero-order valence-corrected chi connectivity index (χ0v) is 17.3. The van der Waals surface area contributed by atoms with Gasteiger partial charge in [0.2, 0.25) is 0 Å². The number of hydrogen-bond acceptors (Lipinski definition) is 5. The van der Waals surface area contributed by atoms with E-state index in [-0.39, 0.29) is 30.9 Å². The summed E-state index contributed by atoms with van der Waals surface area (Å²) in [4.78, 5) is 39.3. The molecule has 2 N–H and O–H groups in total. The van der Waals surface area contributed by atoms with Crippen molar-refractivity contribution in [1.29, 1.82) is 0 Å². The van der Waals surface area contributed by atoms with Crippen LogP contribution in [0.1, 0.15) is 57.9 Å². The largest absolute Gasteiger partial charge is 0.462 e. The van der Waals surface area contributed by atoms with E-state index in [1.165, 1.54) is 5.56 Å². The van der Waals surface area contributed by atoms with Gasteiger partial charge in [0, 0.05) is 11.7 Å². The van der Waals surface area contributed by atoms with Crippen LogP contribution < -0.4 is 5.32 Å². The molecule has 29 heavy (non-hydrogen) atoms. The highest BCUT2D eigenvalue weighted by Crippen LogP contribution is 2.19. The second-order valence-electron chi connectivity index (χ2n) is 6.91. The quantitative estimate of drug-likeness (QED) is 0.631. The van der Waals surface area contributed by atoms with Gasteiger partial charge < -0.3 is 19.8 Å². The number of nitrogens with one attached hydrogen (secondary N) is 2. The molecule has 2 rings (SSSR count). The van der Waals surface area contributed by atoms with Gasteiger partial charge in [0.25, 0.3) is 5.91 Å². The van der Waals surface area contributed by atoms with Crippen LogP contribution in [-0.2, 0) is 20.7 Å². The Hall–Kier alpha value is -3.09. The summed E-state index contributed by atoms with van der Waals surface area (Å²) >= 11 is 0. The normalized spacial score (nSPS) is 11.6. The Kier molecular flexibility index (Phi) is 8.00. The van der Waals surface area contributed by atoms with Crippen molar-refractivity contribution in [2.24, 2.45) is 0 Å². The number of esters is 2. The van der Waals surface area contributed by atoms with Crippen molar-refractivity contribution >= 4 is 17.8 Å². The standard InChI is InChI=1S/C22H28N2O5/c1-5-28-21(26)19-15(3)20(24-16(19)4)22(27)29-13-18(25)23-14(2)11-12-17-9-7-6-8-10-17/h6-10,14,24H,5,11-13H2,1-4H3,(H,23,25). The number of amides is 1. The Bertz CT molecular complexity index is 858. The lowest BCUT2D eigenvalue weighted by Gasteiger charge is -2.14. The van der Waals surface area contributed by atoms with Gasteiger partial charge in [0.15, 0.2) is 6.61 Å². The van der Waals surface area contributed by atoms with Crippen molar-refractivity contribution in [3.05, 3.63) is 58.4 Å². The fraction of sp³-hybridized carbons (Fsp3) is 0.409. The van der Waals surface area contributed by atoms with E-state index in [1.807, 2.05) is 37.3 Å². The minimum atomic E-state index is -0.687. The molecule has 1 aromatic carbocycles. The van der Waals surface area contributed by atoms with Crippen LogP contribution in [0.15, 0.2) is 30.3 Å². The first kappa shape index (κ1) is 22.2. The molecule has 156 valence electrons. The van der Waals surface area contributed by atoms with E-state index in [0.717, 1.165) is 12.8 Å².